The molecular weight excluding hydrogens is 389 g/mol. The Balaban J connectivity index is 0.00000264. The maximum Gasteiger partial charge on any atom is -1.00 e. The largest absolute Gasteiger partial charge is 1.00 e. The summed E-state index contributed by atoms with van der Waals surface area (Å²) in [4.78, 5) is 3.58. The molecule has 0 amide bonds. The van der Waals surface area contributed by atoms with Gasteiger partial charge in [0.05, 0.1) is 0 Å². The maximum absolute atomic E-state index is 3.58. The molecule has 134 valence electrons. The molecule has 0 aliphatic heterocycles. The van der Waals surface area contributed by atoms with Crippen LogP contribution in [-0.4, -0.2) is 13.8 Å². The normalized spacial score (nSPS) is 20.9. The molecule has 1 N–H and O–H groups in total. The van der Waals surface area contributed by atoms with Gasteiger partial charge in [-0.25, -0.2) is 0 Å². The van der Waals surface area contributed by atoms with Crippen molar-refractivity contribution in [3.05, 3.63) is 38.4 Å². The summed E-state index contributed by atoms with van der Waals surface area (Å²) in [5, 5.41) is 0.383. The van der Waals surface area contributed by atoms with Crippen molar-refractivity contribution in [2.45, 2.75) is 72.0 Å². The van der Waals surface area contributed by atoms with Crippen molar-refractivity contribution in [2.24, 2.45) is 0 Å². The van der Waals surface area contributed by atoms with E-state index >= 15 is 0 Å². The van der Waals surface area contributed by atoms with Crippen molar-refractivity contribution >= 4 is 12.8 Å². The zero-order valence-corrected chi connectivity index (χ0v) is 20.7. The van der Waals surface area contributed by atoms with E-state index in [0.717, 1.165) is 0 Å². The van der Waals surface area contributed by atoms with Crippen molar-refractivity contribution < 1.29 is 44.0 Å². The maximum atomic E-state index is 3.58. The Kier molecular flexibility index (Phi) is 8.40. The predicted molar refractivity (Wildman–Crippen MR) is 97.4 cm³/mol. The smallest absolute Gasteiger partial charge is 1.00 e. The van der Waals surface area contributed by atoms with Crippen LogP contribution in [0.1, 0.15) is 54.0 Å². The minimum absolute atomic E-state index is 0. The fraction of sp³-hybridized carbons (Fsp3) is 0.579. The Labute approximate surface area is 171 Å². The van der Waals surface area contributed by atoms with Crippen LogP contribution in [0.5, 0.6) is 0 Å². The molecule has 0 bridgehead atoms. The van der Waals surface area contributed by atoms with Crippen LogP contribution in [0.15, 0.2) is 32.9 Å². The number of hydrogen-bond donors (Lipinski definition) is 1. The van der Waals surface area contributed by atoms with Gasteiger partial charge in [-0.15, -0.1) is 0 Å². The van der Waals surface area contributed by atoms with Gasteiger partial charge in [-0.3, -0.25) is 0 Å². The van der Waals surface area contributed by atoms with Gasteiger partial charge < -0.3 is 24.8 Å². The van der Waals surface area contributed by atoms with Crippen molar-refractivity contribution in [3.8, 4) is 0 Å². The number of aromatic nitrogens is 1. The van der Waals surface area contributed by atoms with Gasteiger partial charge >= 0.3 is 147 Å². The number of rotatable bonds is 3. The molecule has 0 saturated heterocycles. The number of nitrogens with one attached hydrogen (secondary N) is 1. The molecule has 0 radical (unpaired) electrons. The minimum atomic E-state index is -0.809. The summed E-state index contributed by atoms with van der Waals surface area (Å²) in [6.45, 7) is 21.6. The van der Waals surface area contributed by atoms with Gasteiger partial charge in [0.25, 0.3) is 0 Å². The molecule has 0 spiro atoms. The molecule has 1 atom stereocenters. The quantitative estimate of drug-likeness (QED) is 0.598. The summed E-state index contributed by atoms with van der Waals surface area (Å²) in [7, 11) is -0.809. The van der Waals surface area contributed by atoms with Crippen molar-refractivity contribution in [2.75, 3.05) is 0 Å². The van der Waals surface area contributed by atoms with Crippen molar-refractivity contribution in [3.63, 3.8) is 0 Å². The Bertz CT molecular complexity index is 653. The van der Waals surface area contributed by atoms with Gasteiger partial charge in [-0.2, -0.15) is 0 Å². The first kappa shape index (κ1) is 24.3. The molecule has 1 heterocycles. The molecule has 1 aliphatic carbocycles. The van der Waals surface area contributed by atoms with Gasteiger partial charge in [0.15, 0.2) is 0 Å². The Morgan fingerprint density at radius 3 is 2.04 bits per heavy atom. The van der Waals surface area contributed by atoms with E-state index in [4.69, 9.17) is 0 Å². The summed E-state index contributed by atoms with van der Waals surface area (Å²) in [5.41, 5.74) is 6.55. The third-order valence-electron chi connectivity index (χ3n) is 5.76. The first-order chi connectivity index (χ1) is 10.0. The predicted octanol–water partition coefficient (Wildman–Crippen LogP) is -1.10. The number of halogens is 2. The monoisotopic (exact) mass is 419 g/mol. The Morgan fingerprint density at radius 2 is 1.58 bits per heavy atom. The van der Waals surface area contributed by atoms with Crippen LogP contribution in [-0.2, 0) is 24.6 Å². The molecule has 5 heteroatoms. The van der Waals surface area contributed by atoms with Crippen LogP contribution in [0, 0.1) is 0 Å². The van der Waals surface area contributed by atoms with E-state index in [1.165, 1.54) is 9.56 Å². The number of aromatic amines is 1. The van der Waals surface area contributed by atoms with E-state index in [2.05, 4.69) is 78.8 Å². The van der Waals surface area contributed by atoms with E-state index in [0.29, 0.717) is 5.04 Å². The van der Waals surface area contributed by atoms with Gasteiger partial charge in [0.1, 0.15) is 0 Å². The summed E-state index contributed by atoms with van der Waals surface area (Å²) in [5.74, 6) is 0. The van der Waals surface area contributed by atoms with Crippen molar-refractivity contribution in [1.82, 2.24) is 4.98 Å². The molecule has 24 heavy (non-hydrogen) atoms. The zero-order chi connectivity index (χ0) is 16.9. The molecule has 1 aliphatic rings. The molecule has 0 fully saturated rings. The van der Waals surface area contributed by atoms with Crippen LogP contribution in [0.3, 0.4) is 0 Å². The van der Waals surface area contributed by atoms with Gasteiger partial charge in [-0.05, 0) is 0 Å². The van der Waals surface area contributed by atoms with E-state index in [-0.39, 0.29) is 49.4 Å². The molecular formula is C19H31Cl2NSiTi. The summed E-state index contributed by atoms with van der Waals surface area (Å²) in [6.07, 6.45) is 2.14. The van der Waals surface area contributed by atoms with Gasteiger partial charge in [0, 0.05) is 0 Å². The van der Waals surface area contributed by atoms with Crippen molar-refractivity contribution in [1.29, 1.82) is 0 Å². The summed E-state index contributed by atoms with van der Waals surface area (Å²) in [6, 6.07) is 2.29. The molecule has 0 saturated carbocycles. The summed E-state index contributed by atoms with van der Waals surface area (Å²) < 4.78 is 3.32. The van der Waals surface area contributed by atoms with Crippen LogP contribution in [0.4, 0.5) is 0 Å². The minimum Gasteiger partial charge on any atom is -1.00 e. The third-order valence-corrected chi connectivity index (χ3v) is 12.1. The second-order valence-electron chi connectivity index (χ2n) is 8.25. The molecule has 1 aromatic rings. The topological polar surface area (TPSA) is 15.8 Å². The van der Waals surface area contributed by atoms with Gasteiger partial charge in [-0.1, -0.05) is 0 Å². The molecule has 0 aromatic carbocycles. The molecule has 1 aromatic heterocycles. The SMILES string of the molecule is CC1=C(C)C(C)([SiH](C)C)[C]([Ti+2][c]2[nH]ccc2C(C)(C)C)=C1C.[Cl-].[Cl-]. The molecule has 1 unspecified atom stereocenters. The van der Waals surface area contributed by atoms with Gasteiger partial charge in [0.2, 0.25) is 0 Å². The first-order valence-electron chi connectivity index (χ1n) is 8.35. The van der Waals surface area contributed by atoms with Crippen LogP contribution in [0.2, 0.25) is 18.1 Å². The third kappa shape index (κ3) is 3.99. The zero-order valence-electron chi connectivity index (χ0n) is 16.5. The standard InChI is InChI=1S/C11H19Si.C8H12N.2ClH.Ti/c1-8-7-11(4,12(5)6)10(3)9(8)2;1-8(2,3)7-4-5-9-6-7;;;/h12H,1-6H3;4-5,9H,1-3H3;2*1H;/q;;;;+2/p-2. The molecule has 1 nitrogen and oxygen atoms in total. The number of hydrogen-bond acceptors (Lipinski definition) is 0. The molecule has 2 rings (SSSR count). The fourth-order valence-electron chi connectivity index (χ4n) is 3.60. The van der Waals surface area contributed by atoms with Crippen LogP contribution < -0.4 is 28.8 Å². The second-order valence-corrected chi connectivity index (χ2v) is 13.7. The van der Waals surface area contributed by atoms with E-state index in [1.54, 1.807) is 20.6 Å². The Hall–Kier alpha value is 0.271. The summed E-state index contributed by atoms with van der Waals surface area (Å²) >= 11 is -0.291. The first-order valence-corrected chi connectivity index (χ1v) is 12.8. The van der Waals surface area contributed by atoms with Crippen LogP contribution in [0.25, 0.3) is 0 Å². The average molecular weight is 420 g/mol. The van der Waals surface area contributed by atoms with Crippen LogP contribution >= 0.6 is 0 Å². The average Bonchev–Trinajstić information content (AvgIpc) is 2.94. The number of H-pyrrole nitrogens is 1. The van der Waals surface area contributed by atoms with E-state index in [9.17, 15) is 0 Å². The Morgan fingerprint density at radius 1 is 1.04 bits per heavy atom. The second kappa shape index (κ2) is 8.31. The fourth-order valence-corrected chi connectivity index (χ4v) is 9.97. The van der Waals surface area contributed by atoms with E-state index < -0.39 is 8.80 Å². The van der Waals surface area contributed by atoms with E-state index in [1.807, 2.05) is 0 Å². The number of allylic oxidation sites excluding steroid dienone is 4.